The lowest BCUT2D eigenvalue weighted by Gasteiger charge is -2.20. The molecule has 0 atom stereocenters. The number of hydrogen-bond acceptors (Lipinski definition) is 5. The van der Waals surface area contributed by atoms with Crippen LogP contribution in [0.2, 0.25) is 5.02 Å². The largest absolute Gasteiger partial charge is 0.397 e. The Morgan fingerprint density at radius 2 is 1.67 bits per heavy atom. The van der Waals surface area contributed by atoms with Crippen molar-refractivity contribution in [3.05, 3.63) is 79.9 Å². The second kappa shape index (κ2) is 7.51. The number of nitriles is 2. The highest BCUT2D eigenvalue weighted by Crippen LogP contribution is 2.45. The predicted molar refractivity (Wildman–Crippen MR) is 115 cm³/mol. The molecule has 0 bridgehead atoms. The summed E-state index contributed by atoms with van der Waals surface area (Å²) in [5.41, 5.74) is 11.1. The Hall–Kier alpha value is -3.87. The SMILES string of the molecule is N#Cc1c(N)c(C#N)c2c(c1-c1ccc(Cl)cc1)CCCc1ccc([N+](=O)[O-])cc1-2. The minimum Gasteiger partial charge on any atom is -0.397 e. The van der Waals surface area contributed by atoms with Gasteiger partial charge in [-0.3, -0.25) is 10.1 Å². The number of nitro benzene ring substituents is 1. The van der Waals surface area contributed by atoms with E-state index in [1.807, 2.05) is 12.1 Å². The zero-order valence-electron chi connectivity index (χ0n) is 15.8. The first kappa shape index (κ1) is 19.4. The average molecular weight is 415 g/mol. The molecule has 0 radical (unpaired) electrons. The van der Waals surface area contributed by atoms with E-state index < -0.39 is 4.92 Å². The first-order chi connectivity index (χ1) is 14.5. The van der Waals surface area contributed by atoms with E-state index in [1.165, 1.54) is 12.1 Å². The van der Waals surface area contributed by atoms with Gasteiger partial charge in [-0.15, -0.1) is 0 Å². The molecular weight excluding hydrogens is 400 g/mol. The molecule has 146 valence electrons. The molecule has 3 aromatic carbocycles. The maximum absolute atomic E-state index is 11.4. The summed E-state index contributed by atoms with van der Waals surface area (Å²) >= 11 is 6.04. The number of nitrogens with zero attached hydrogens (tertiary/aromatic N) is 3. The minimum atomic E-state index is -0.454. The maximum Gasteiger partial charge on any atom is 0.270 e. The van der Waals surface area contributed by atoms with Gasteiger partial charge in [0.25, 0.3) is 5.69 Å². The summed E-state index contributed by atoms with van der Waals surface area (Å²) in [6.07, 6.45) is 2.09. The Morgan fingerprint density at radius 1 is 1.00 bits per heavy atom. The molecule has 1 aliphatic carbocycles. The van der Waals surface area contributed by atoms with Gasteiger partial charge in [0, 0.05) is 28.3 Å². The van der Waals surface area contributed by atoms with E-state index in [9.17, 15) is 20.6 Å². The number of nitrogen functional groups attached to an aromatic ring is 1. The van der Waals surface area contributed by atoms with Gasteiger partial charge in [-0.05, 0) is 53.6 Å². The lowest BCUT2D eigenvalue weighted by Crippen LogP contribution is -2.06. The normalized spacial score (nSPS) is 12.1. The summed E-state index contributed by atoms with van der Waals surface area (Å²) in [5, 5.41) is 31.7. The number of nitro groups is 1. The van der Waals surface area contributed by atoms with Crippen LogP contribution in [-0.2, 0) is 12.8 Å². The number of halogens is 1. The molecule has 3 aromatic rings. The molecule has 0 amide bonds. The molecule has 0 aliphatic heterocycles. The van der Waals surface area contributed by atoms with Crippen LogP contribution in [0.15, 0.2) is 42.5 Å². The zero-order chi connectivity index (χ0) is 21.4. The Balaban J connectivity index is 2.16. The van der Waals surface area contributed by atoms with Crippen LogP contribution >= 0.6 is 11.6 Å². The van der Waals surface area contributed by atoms with Crippen molar-refractivity contribution in [2.45, 2.75) is 19.3 Å². The van der Waals surface area contributed by atoms with Crippen LogP contribution in [0.5, 0.6) is 0 Å². The number of aryl methyl sites for hydroxylation is 1. The molecule has 0 heterocycles. The summed E-state index contributed by atoms with van der Waals surface area (Å²) in [6, 6.07) is 16.1. The van der Waals surface area contributed by atoms with Crippen molar-refractivity contribution in [1.29, 1.82) is 10.5 Å². The van der Waals surface area contributed by atoms with E-state index in [4.69, 9.17) is 17.3 Å². The number of nitrogens with two attached hydrogens (primary N) is 1. The Labute approximate surface area is 177 Å². The van der Waals surface area contributed by atoms with E-state index in [0.717, 1.165) is 23.1 Å². The summed E-state index contributed by atoms with van der Waals surface area (Å²) in [4.78, 5) is 10.9. The fourth-order valence-corrected chi connectivity index (χ4v) is 4.25. The smallest absolute Gasteiger partial charge is 0.270 e. The van der Waals surface area contributed by atoms with Crippen LogP contribution in [0.1, 0.15) is 28.7 Å². The zero-order valence-corrected chi connectivity index (χ0v) is 16.5. The van der Waals surface area contributed by atoms with Crippen LogP contribution in [0.4, 0.5) is 11.4 Å². The van der Waals surface area contributed by atoms with Gasteiger partial charge in [-0.2, -0.15) is 10.5 Å². The van der Waals surface area contributed by atoms with Crippen molar-refractivity contribution >= 4 is 23.0 Å². The third kappa shape index (κ3) is 3.04. The Kier molecular flexibility index (Phi) is 4.87. The summed E-state index contributed by atoms with van der Waals surface area (Å²) in [7, 11) is 0. The molecule has 0 saturated carbocycles. The van der Waals surface area contributed by atoms with Gasteiger partial charge in [0.1, 0.15) is 12.1 Å². The number of benzene rings is 3. The highest BCUT2D eigenvalue weighted by Gasteiger charge is 2.28. The fraction of sp³-hybridized carbons (Fsp3) is 0.130. The predicted octanol–water partition coefficient (Wildman–Crippen LogP) is 5.40. The van der Waals surface area contributed by atoms with Crippen LogP contribution in [0.3, 0.4) is 0 Å². The summed E-state index contributed by atoms with van der Waals surface area (Å²) in [6.45, 7) is 0. The van der Waals surface area contributed by atoms with E-state index in [2.05, 4.69) is 12.1 Å². The molecule has 0 aromatic heterocycles. The van der Waals surface area contributed by atoms with Crippen LogP contribution < -0.4 is 5.73 Å². The summed E-state index contributed by atoms with van der Waals surface area (Å²) < 4.78 is 0. The van der Waals surface area contributed by atoms with Crippen LogP contribution in [-0.4, -0.2) is 4.92 Å². The first-order valence-electron chi connectivity index (χ1n) is 9.28. The molecule has 0 saturated heterocycles. The number of hydrogen-bond donors (Lipinski definition) is 1. The average Bonchev–Trinajstić information content (AvgIpc) is 2.93. The van der Waals surface area contributed by atoms with Crippen LogP contribution in [0, 0.1) is 32.8 Å². The van der Waals surface area contributed by atoms with E-state index in [1.54, 1.807) is 18.2 Å². The number of rotatable bonds is 2. The standard InChI is InChI=1S/C23H15ClN4O2/c24-15-7-4-14(5-8-15)21-17-3-1-2-13-6-9-16(28(29)30)10-18(13)22(17)20(12-26)23(27)19(21)11-25/h4-10H,1-3,27H2. The number of non-ortho nitro benzene ring substituents is 1. The molecule has 2 N–H and O–H groups in total. The van der Waals surface area contributed by atoms with E-state index >= 15 is 0 Å². The number of fused-ring (bicyclic) bond motifs is 3. The summed E-state index contributed by atoms with van der Waals surface area (Å²) in [5.74, 6) is 0. The Morgan fingerprint density at radius 3 is 2.30 bits per heavy atom. The van der Waals surface area contributed by atoms with Gasteiger partial charge in [-0.25, -0.2) is 0 Å². The fourth-order valence-electron chi connectivity index (χ4n) is 4.12. The molecule has 0 spiro atoms. The molecule has 6 nitrogen and oxygen atoms in total. The lowest BCUT2D eigenvalue weighted by atomic mass is 9.83. The van der Waals surface area contributed by atoms with Gasteiger partial charge in [0.2, 0.25) is 0 Å². The van der Waals surface area contributed by atoms with Crippen molar-refractivity contribution in [3.8, 4) is 34.4 Å². The van der Waals surface area contributed by atoms with Crippen molar-refractivity contribution in [2.24, 2.45) is 0 Å². The highest BCUT2D eigenvalue weighted by molar-refractivity contribution is 6.30. The van der Waals surface area contributed by atoms with E-state index in [0.29, 0.717) is 34.6 Å². The molecule has 0 fully saturated rings. The van der Waals surface area contributed by atoms with Gasteiger partial charge in [0.15, 0.2) is 0 Å². The first-order valence-corrected chi connectivity index (χ1v) is 9.66. The number of anilines is 1. The molecule has 4 rings (SSSR count). The monoisotopic (exact) mass is 414 g/mol. The van der Waals surface area contributed by atoms with E-state index in [-0.39, 0.29) is 22.5 Å². The third-order valence-electron chi connectivity index (χ3n) is 5.45. The molecule has 7 heteroatoms. The third-order valence-corrected chi connectivity index (χ3v) is 5.70. The van der Waals surface area contributed by atoms with Crippen LogP contribution in [0.25, 0.3) is 22.3 Å². The second-order valence-corrected chi connectivity index (χ2v) is 7.51. The molecule has 0 unspecified atom stereocenters. The van der Waals surface area contributed by atoms with Gasteiger partial charge >= 0.3 is 0 Å². The molecule has 1 aliphatic rings. The van der Waals surface area contributed by atoms with Crippen molar-refractivity contribution in [3.63, 3.8) is 0 Å². The minimum absolute atomic E-state index is 0.0542. The van der Waals surface area contributed by atoms with Gasteiger partial charge in [-0.1, -0.05) is 29.8 Å². The van der Waals surface area contributed by atoms with Gasteiger partial charge in [0.05, 0.1) is 21.7 Å². The van der Waals surface area contributed by atoms with Crippen molar-refractivity contribution in [1.82, 2.24) is 0 Å². The quantitative estimate of drug-likeness (QED) is 0.342. The lowest BCUT2D eigenvalue weighted by molar-refractivity contribution is -0.384. The van der Waals surface area contributed by atoms with Crippen molar-refractivity contribution < 1.29 is 4.92 Å². The molecule has 30 heavy (non-hydrogen) atoms. The second-order valence-electron chi connectivity index (χ2n) is 7.07. The maximum atomic E-state index is 11.4. The highest BCUT2D eigenvalue weighted by atomic mass is 35.5. The molecular formula is C23H15ClN4O2. The van der Waals surface area contributed by atoms with Gasteiger partial charge < -0.3 is 5.73 Å². The Bertz CT molecular complexity index is 1280. The van der Waals surface area contributed by atoms with Crippen molar-refractivity contribution in [2.75, 3.05) is 5.73 Å². The topological polar surface area (TPSA) is 117 Å².